The van der Waals surface area contributed by atoms with Gasteiger partial charge in [-0.3, -0.25) is 20.1 Å². The molecule has 2 rings (SSSR count). The summed E-state index contributed by atoms with van der Waals surface area (Å²) < 4.78 is 0. The third kappa shape index (κ3) is 2.94. The number of nitro benzene ring substituents is 1. The molecule has 1 heterocycles. The van der Waals surface area contributed by atoms with Crippen molar-refractivity contribution in [2.45, 2.75) is 0 Å². The van der Waals surface area contributed by atoms with E-state index in [4.69, 9.17) is 0 Å². The fraction of sp³-hybridized carbons (Fsp3) is 0. The van der Waals surface area contributed by atoms with Crippen LogP contribution >= 0.6 is 0 Å². The first kappa shape index (κ1) is 10.9. The Hall–Kier alpha value is -2.56. The maximum atomic E-state index is 10.5. The topological polar surface area (TPSA) is 68.9 Å². The van der Waals surface area contributed by atoms with Crippen LogP contribution in [0.2, 0.25) is 0 Å². The molecule has 0 radical (unpaired) electrons. The van der Waals surface area contributed by atoms with Gasteiger partial charge in [0.25, 0.3) is 5.69 Å². The SMILES string of the molecule is O=[N+]([O-])c1ccc(C=Cc2cnccn2)cc1. The molecule has 0 aliphatic carbocycles. The van der Waals surface area contributed by atoms with Gasteiger partial charge in [-0.2, -0.15) is 0 Å². The molecule has 0 atom stereocenters. The first-order valence-corrected chi connectivity index (χ1v) is 4.94. The Morgan fingerprint density at radius 3 is 2.47 bits per heavy atom. The van der Waals surface area contributed by atoms with Crippen LogP contribution in [0.5, 0.6) is 0 Å². The Morgan fingerprint density at radius 1 is 1.12 bits per heavy atom. The second-order valence-corrected chi connectivity index (χ2v) is 3.31. The highest BCUT2D eigenvalue weighted by Gasteiger charge is 2.01. The first-order valence-electron chi connectivity index (χ1n) is 4.94. The number of rotatable bonds is 3. The van der Waals surface area contributed by atoms with E-state index in [2.05, 4.69) is 9.97 Å². The zero-order valence-corrected chi connectivity index (χ0v) is 8.85. The highest BCUT2D eigenvalue weighted by molar-refractivity contribution is 5.68. The van der Waals surface area contributed by atoms with E-state index >= 15 is 0 Å². The maximum Gasteiger partial charge on any atom is 0.269 e. The Bertz CT molecular complexity index is 535. The van der Waals surface area contributed by atoms with E-state index in [-0.39, 0.29) is 5.69 Å². The summed E-state index contributed by atoms with van der Waals surface area (Å²) >= 11 is 0. The van der Waals surface area contributed by atoms with Crippen LogP contribution in [0.3, 0.4) is 0 Å². The van der Waals surface area contributed by atoms with Crippen molar-refractivity contribution in [3.8, 4) is 0 Å². The van der Waals surface area contributed by atoms with Gasteiger partial charge in [-0.15, -0.1) is 0 Å². The molecule has 0 fully saturated rings. The Labute approximate surface area is 97.6 Å². The van der Waals surface area contributed by atoms with Gasteiger partial charge in [0.05, 0.1) is 16.8 Å². The van der Waals surface area contributed by atoms with Crippen molar-refractivity contribution in [3.05, 3.63) is 64.2 Å². The van der Waals surface area contributed by atoms with Crippen molar-refractivity contribution in [1.29, 1.82) is 0 Å². The number of nitrogens with zero attached hydrogens (tertiary/aromatic N) is 3. The molecule has 0 bridgehead atoms. The van der Waals surface area contributed by atoms with Crippen LogP contribution in [0, 0.1) is 10.1 Å². The van der Waals surface area contributed by atoms with E-state index in [1.807, 2.05) is 6.08 Å². The zero-order chi connectivity index (χ0) is 12.1. The molecule has 0 spiro atoms. The molecule has 0 amide bonds. The van der Waals surface area contributed by atoms with Crippen LogP contribution < -0.4 is 0 Å². The molecule has 17 heavy (non-hydrogen) atoms. The van der Waals surface area contributed by atoms with Crippen molar-refractivity contribution in [1.82, 2.24) is 9.97 Å². The molecular formula is C12H9N3O2. The lowest BCUT2D eigenvalue weighted by atomic mass is 10.2. The summed E-state index contributed by atoms with van der Waals surface area (Å²) in [7, 11) is 0. The van der Waals surface area contributed by atoms with Crippen LogP contribution in [-0.2, 0) is 0 Å². The average Bonchev–Trinajstić information content (AvgIpc) is 2.38. The predicted molar refractivity (Wildman–Crippen MR) is 64.1 cm³/mol. The molecule has 0 saturated heterocycles. The fourth-order valence-corrected chi connectivity index (χ4v) is 1.29. The molecule has 2 aromatic rings. The smallest absolute Gasteiger partial charge is 0.261 e. The summed E-state index contributed by atoms with van der Waals surface area (Å²) in [6.45, 7) is 0. The number of aromatic nitrogens is 2. The molecule has 0 aliphatic rings. The molecule has 5 nitrogen and oxygen atoms in total. The van der Waals surface area contributed by atoms with E-state index in [0.29, 0.717) is 0 Å². The van der Waals surface area contributed by atoms with Gasteiger partial charge >= 0.3 is 0 Å². The minimum absolute atomic E-state index is 0.0849. The van der Waals surface area contributed by atoms with Gasteiger partial charge in [-0.25, -0.2) is 0 Å². The van der Waals surface area contributed by atoms with E-state index in [1.165, 1.54) is 12.1 Å². The van der Waals surface area contributed by atoms with Gasteiger partial charge in [0.1, 0.15) is 0 Å². The number of non-ortho nitro benzene ring substituents is 1. The number of nitro groups is 1. The normalized spacial score (nSPS) is 10.6. The van der Waals surface area contributed by atoms with E-state index < -0.39 is 4.92 Å². The number of benzene rings is 1. The fourth-order valence-electron chi connectivity index (χ4n) is 1.29. The van der Waals surface area contributed by atoms with Crippen LogP contribution in [0.25, 0.3) is 12.2 Å². The van der Waals surface area contributed by atoms with Crippen molar-refractivity contribution < 1.29 is 4.92 Å². The largest absolute Gasteiger partial charge is 0.269 e. The molecule has 0 saturated carbocycles. The van der Waals surface area contributed by atoms with E-state index in [9.17, 15) is 10.1 Å². The van der Waals surface area contributed by atoms with Gasteiger partial charge in [0.2, 0.25) is 0 Å². The lowest BCUT2D eigenvalue weighted by molar-refractivity contribution is -0.384. The molecule has 1 aromatic carbocycles. The summed E-state index contributed by atoms with van der Waals surface area (Å²) in [6, 6.07) is 6.31. The zero-order valence-electron chi connectivity index (χ0n) is 8.85. The molecule has 0 unspecified atom stereocenters. The van der Waals surface area contributed by atoms with E-state index in [1.54, 1.807) is 36.8 Å². The summed E-state index contributed by atoms with van der Waals surface area (Å²) in [4.78, 5) is 18.1. The van der Waals surface area contributed by atoms with Crippen molar-refractivity contribution >= 4 is 17.8 Å². The molecule has 1 aromatic heterocycles. The molecule has 0 N–H and O–H groups in total. The quantitative estimate of drug-likeness (QED) is 0.596. The second kappa shape index (κ2) is 4.98. The third-order valence-electron chi connectivity index (χ3n) is 2.13. The monoisotopic (exact) mass is 227 g/mol. The number of hydrogen-bond donors (Lipinski definition) is 0. The highest BCUT2D eigenvalue weighted by atomic mass is 16.6. The van der Waals surface area contributed by atoms with Crippen molar-refractivity contribution in [3.63, 3.8) is 0 Å². The average molecular weight is 227 g/mol. The van der Waals surface area contributed by atoms with Gasteiger partial charge in [-0.1, -0.05) is 6.08 Å². The third-order valence-corrected chi connectivity index (χ3v) is 2.13. The Kier molecular flexibility index (Phi) is 3.20. The molecular weight excluding hydrogens is 218 g/mol. The lowest BCUT2D eigenvalue weighted by Gasteiger charge is -1.94. The van der Waals surface area contributed by atoms with Crippen molar-refractivity contribution in [2.24, 2.45) is 0 Å². The summed E-state index contributed by atoms with van der Waals surface area (Å²) in [5.41, 5.74) is 1.70. The summed E-state index contributed by atoms with van der Waals surface area (Å²) in [5, 5.41) is 10.5. The summed E-state index contributed by atoms with van der Waals surface area (Å²) in [6.07, 6.45) is 8.47. The summed E-state index contributed by atoms with van der Waals surface area (Å²) in [5.74, 6) is 0. The molecule has 5 heteroatoms. The van der Waals surface area contributed by atoms with Gasteiger partial charge in [0, 0.05) is 24.5 Å². The predicted octanol–water partition coefficient (Wildman–Crippen LogP) is 2.56. The standard InChI is InChI=1S/C12H9N3O2/c16-15(17)12-5-2-10(3-6-12)1-4-11-9-13-7-8-14-11/h1-9H. The van der Waals surface area contributed by atoms with Crippen LogP contribution in [0.15, 0.2) is 42.9 Å². The second-order valence-electron chi connectivity index (χ2n) is 3.31. The molecule has 0 aliphatic heterocycles. The van der Waals surface area contributed by atoms with Crippen LogP contribution in [0.4, 0.5) is 5.69 Å². The van der Waals surface area contributed by atoms with E-state index in [0.717, 1.165) is 11.3 Å². The van der Waals surface area contributed by atoms with Gasteiger partial charge in [-0.05, 0) is 23.8 Å². The maximum absolute atomic E-state index is 10.5. The first-order chi connectivity index (χ1) is 8.25. The van der Waals surface area contributed by atoms with Crippen molar-refractivity contribution in [2.75, 3.05) is 0 Å². The Morgan fingerprint density at radius 2 is 1.88 bits per heavy atom. The van der Waals surface area contributed by atoms with Gasteiger partial charge < -0.3 is 0 Å². The number of hydrogen-bond acceptors (Lipinski definition) is 4. The molecule has 84 valence electrons. The Balaban J connectivity index is 2.14. The highest BCUT2D eigenvalue weighted by Crippen LogP contribution is 2.13. The van der Waals surface area contributed by atoms with Gasteiger partial charge in [0.15, 0.2) is 0 Å². The minimum atomic E-state index is -0.420. The van der Waals surface area contributed by atoms with Crippen LogP contribution in [-0.4, -0.2) is 14.9 Å². The van der Waals surface area contributed by atoms with Crippen LogP contribution in [0.1, 0.15) is 11.3 Å². The minimum Gasteiger partial charge on any atom is -0.261 e. The lowest BCUT2D eigenvalue weighted by Crippen LogP contribution is -1.86.